The molecule has 2 aliphatic rings. The Morgan fingerprint density at radius 3 is 2.27 bits per heavy atom. The number of rotatable bonds is 6. The first kappa shape index (κ1) is 23.2. The summed E-state index contributed by atoms with van der Waals surface area (Å²) in [5, 5.41) is 10.5. The van der Waals surface area contributed by atoms with E-state index in [1.165, 1.54) is 36.4 Å². The van der Waals surface area contributed by atoms with E-state index in [0.29, 0.717) is 17.4 Å². The van der Waals surface area contributed by atoms with Gasteiger partial charge in [-0.05, 0) is 69.3 Å². The third-order valence-electron chi connectivity index (χ3n) is 6.74. The Morgan fingerprint density at radius 1 is 1.06 bits per heavy atom. The summed E-state index contributed by atoms with van der Waals surface area (Å²) in [5.74, 6) is 0.396. The molecule has 1 aliphatic carbocycles. The monoisotopic (exact) mass is 456 g/mol. The van der Waals surface area contributed by atoms with Gasteiger partial charge in [-0.15, -0.1) is 10.2 Å². The molecular formula is C24H30F2N6O. The molecule has 3 aromatic rings. The van der Waals surface area contributed by atoms with Crippen molar-refractivity contribution in [3.05, 3.63) is 53.7 Å². The molecule has 1 saturated heterocycles. The summed E-state index contributed by atoms with van der Waals surface area (Å²) in [4.78, 5) is 11.1. The van der Waals surface area contributed by atoms with E-state index in [0.717, 1.165) is 32.4 Å². The number of alkyl halides is 2. The van der Waals surface area contributed by atoms with E-state index in [2.05, 4.69) is 61.7 Å². The van der Waals surface area contributed by atoms with Crippen LogP contribution in [0.2, 0.25) is 0 Å². The number of nitrogens with one attached hydrogen (secondary N) is 1. The normalized spacial score (nSPS) is 18.5. The van der Waals surface area contributed by atoms with Crippen molar-refractivity contribution >= 4 is 5.95 Å². The molecule has 2 fully saturated rings. The predicted octanol–water partition coefficient (Wildman–Crippen LogP) is 5.40. The Hall–Kier alpha value is -2.94. The second kappa shape index (κ2) is 9.51. The number of hydrogen-bond acceptors (Lipinski definition) is 7. The molecule has 9 heteroatoms. The standard InChI is InChI=1S/C23H26F2N6O.CH4/c1-31-11-7-16(8-12-31)15-3-5-18(6-4-15)23(9-2-10-23)28-22-26-13-17(14-27-22)20-29-30-21(32-20)19(24)25;/h3-6,13-14,16,19H,2,7-12H2,1H3,(H,26,27,28);1H4. The summed E-state index contributed by atoms with van der Waals surface area (Å²) >= 11 is 0. The Bertz CT molecular complexity index is 1040. The predicted molar refractivity (Wildman–Crippen MR) is 122 cm³/mol. The topological polar surface area (TPSA) is 80.0 Å². The fraction of sp³-hybridized carbons (Fsp3) is 0.500. The highest BCUT2D eigenvalue weighted by Crippen LogP contribution is 2.44. The lowest BCUT2D eigenvalue weighted by Gasteiger charge is -2.43. The highest BCUT2D eigenvalue weighted by atomic mass is 19.3. The molecular weight excluding hydrogens is 426 g/mol. The maximum atomic E-state index is 12.7. The average molecular weight is 457 g/mol. The minimum atomic E-state index is -2.80. The highest BCUT2D eigenvalue weighted by molar-refractivity contribution is 5.51. The second-order valence-electron chi connectivity index (χ2n) is 8.80. The number of hydrogen-bond donors (Lipinski definition) is 1. The number of aromatic nitrogens is 4. The van der Waals surface area contributed by atoms with Gasteiger partial charge in [0.05, 0.1) is 11.1 Å². The van der Waals surface area contributed by atoms with E-state index in [1.807, 2.05) is 0 Å². The quantitative estimate of drug-likeness (QED) is 0.532. The van der Waals surface area contributed by atoms with Crippen LogP contribution in [-0.2, 0) is 5.54 Å². The van der Waals surface area contributed by atoms with Crippen molar-refractivity contribution in [3.8, 4) is 11.5 Å². The number of halogens is 2. The maximum absolute atomic E-state index is 12.7. The summed E-state index contributed by atoms with van der Waals surface area (Å²) in [7, 11) is 2.18. The summed E-state index contributed by atoms with van der Waals surface area (Å²) in [6.07, 6.45) is 5.78. The van der Waals surface area contributed by atoms with E-state index < -0.39 is 12.3 Å². The molecule has 0 spiro atoms. The SMILES string of the molecule is C.CN1CCC(c2ccc(C3(Nc4ncc(-c5nnc(C(F)F)o5)cn4)CCC3)cc2)CC1. The molecule has 7 nitrogen and oxygen atoms in total. The molecule has 0 atom stereocenters. The molecule has 1 aromatic carbocycles. The van der Waals surface area contributed by atoms with Crippen molar-refractivity contribution in [1.82, 2.24) is 25.1 Å². The number of benzene rings is 1. The van der Waals surface area contributed by atoms with Crippen LogP contribution >= 0.6 is 0 Å². The van der Waals surface area contributed by atoms with Crippen LogP contribution in [0.4, 0.5) is 14.7 Å². The van der Waals surface area contributed by atoms with Crippen LogP contribution < -0.4 is 5.32 Å². The summed E-state index contributed by atoms with van der Waals surface area (Å²) in [6.45, 7) is 2.30. The van der Waals surface area contributed by atoms with Gasteiger partial charge in [0.15, 0.2) is 0 Å². The number of nitrogens with zero attached hydrogens (tertiary/aromatic N) is 5. The first-order chi connectivity index (χ1) is 15.5. The van der Waals surface area contributed by atoms with Crippen LogP contribution in [-0.4, -0.2) is 45.2 Å². The minimum Gasteiger partial charge on any atom is -0.415 e. The molecule has 5 rings (SSSR count). The van der Waals surface area contributed by atoms with Gasteiger partial charge in [0, 0.05) is 12.4 Å². The molecule has 0 bridgehead atoms. The molecule has 33 heavy (non-hydrogen) atoms. The molecule has 0 amide bonds. The lowest BCUT2D eigenvalue weighted by molar-refractivity contribution is 0.116. The molecule has 0 unspecified atom stereocenters. The third-order valence-corrected chi connectivity index (χ3v) is 6.74. The van der Waals surface area contributed by atoms with Crippen molar-refractivity contribution in [2.24, 2.45) is 0 Å². The van der Waals surface area contributed by atoms with Crippen molar-refractivity contribution in [3.63, 3.8) is 0 Å². The maximum Gasteiger partial charge on any atom is 0.314 e. The Morgan fingerprint density at radius 2 is 1.73 bits per heavy atom. The van der Waals surface area contributed by atoms with Crippen LogP contribution in [0.3, 0.4) is 0 Å². The second-order valence-corrected chi connectivity index (χ2v) is 8.80. The van der Waals surface area contributed by atoms with Gasteiger partial charge in [-0.2, -0.15) is 8.78 Å². The van der Waals surface area contributed by atoms with Gasteiger partial charge in [0.25, 0.3) is 11.8 Å². The molecule has 1 aliphatic heterocycles. The fourth-order valence-electron chi connectivity index (χ4n) is 4.59. The van der Waals surface area contributed by atoms with Gasteiger partial charge in [-0.3, -0.25) is 0 Å². The first-order valence-electron chi connectivity index (χ1n) is 11.0. The molecule has 176 valence electrons. The lowest BCUT2D eigenvalue weighted by Crippen LogP contribution is -2.42. The minimum absolute atomic E-state index is 0. The average Bonchev–Trinajstić information content (AvgIpc) is 3.28. The Kier molecular flexibility index (Phi) is 6.69. The van der Waals surface area contributed by atoms with E-state index in [4.69, 9.17) is 4.42 Å². The molecule has 1 saturated carbocycles. The van der Waals surface area contributed by atoms with Crippen LogP contribution in [0.25, 0.3) is 11.5 Å². The summed E-state index contributed by atoms with van der Waals surface area (Å²) in [5.41, 5.74) is 2.88. The van der Waals surface area contributed by atoms with Crippen LogP contribution in [0.15, 0.2) is 41.1 Å². The highest BCUT2D eigenvalue weighted by Gasteiger charge is 2.39. The Labute approximate surface area is 192 Å². The number of likely N-dealkylation sites (tertiary alicyclic amines) is 1. The van der Waals surface area contributed by atoms with Crippen molar-refractivity contribution in [2.45, 2.75) is 57.4 Å². The van der Waals surface area contributed by atoms with Crippen molar-refractivity contribution in [2.75, 3.05) is 25.5 Å². The molecule has 3 heterocycles. The van der Waals surface area contributed by atoms with E-state index >= 15 is 0 Å². The Balaban J connectivity index is 0.00000259. The van der Waals surface area contributed by atoms with Gasteiger partial charge in [-0.25, -0.2) is 9.97 Å². The van der Waals surface area contributed by atoms with Crippen LogP contribution in [0.1, 0.15) is 68.9 Å². The summed E-state index contributed by atoms with van der Waals surface area (Å²) in [6, 6.07) is 9.01. The largest absolute Gasteiger partial charge is 0.415 e. The van der Waals surface area contributed by atoms with E-state index in [-0.39, 0.29) is 18.9 Å². The van der Waals surface area contributed by atoms with Gasteiger partial charge >= 0.3 is 6.43 Å². The smallest absolute Gasteiger partial charge is 0.314 e. The number of anilines is 1. The van der Waals surface area contributed by atoms with Gasteiger partial charge in [-0.1, -0.05) is 31.7 Å². The summed E-state index contributed by atoms with van der Waals surface area (Å²) < 4.78 is 30.3. The van der Waals surface area contributed by atoms with Gasteiger partial charge in [0.2, 0.25) is 5.95 Å². The fourth-order valence-corrected chi connectivity index (χ4v) is 4.59. The lowest BCUT2D eigenvalue weighted by atomic mass is 9.71. The third kappa shape index (κ3) is 4.73. The number of piperidine rings is 1. The van der Waals surface area contributed by atoms with E-state index in [9.17, 15) is 8.78 Å². The first-order valence-corrected chi connectivity index (χ1v) is 11.0. The van der Waals surface area contributed by atoms with Crippen LogP contribution in [0, 0.1) is 0 Å². The zero-order valence-corrected chi connectivity index (χ0v) is 18.0. The zero-order chi connectivity index (χ0) is 22.1. The molecule has 1 N–H and O–H groups in total. The van der Waals surface area contributed by atoms with Crippen LogP contribution in [0.5, 0.6) is 0 Å². The van der Waals surface area contributed by atoms with Gasteiger partial charge in [0.1, 0.15) is 0 Å². The molecule has 2 aromatic heterocycles. The van der Waals surface area contributed by atoms with Gasteiger partial charge < -0.3 is 14.6 Å². The molecule has 0 radical (unpaired) electrons. The van der Waals surface area contributed by atoms with Crippen molar-refractivity contribution in [1.29, 1.82) is 0 Å². The van der Waals surface area contributed by atoms with E-state index in [1.54, 1.807) is 0 Å². The zero-order valence-electron chi connectivity index (χ0n) is 18.0. The van der Waals surface area contributed by atoms with Crippen molar-refractivity contribution < 1.29 is 13.2 Å².